The Balaban J connectivity index is 0.000000338. The molecule has 4 nitrogen and oxygen atoms in total. The third-order valence-corrected chi connectivity index (χ3v) is 3.37. The first kappa shape index (κ1) is 16.9. The maximum atomic E-state index is 9.18. The Kier molecular flexibility index (Phi) is 6.98. The van der Waals surface area contributed by atoms with E-state index in [1.54, 1.807) is 6.92 Å². The van der Waals surface area contributed by atoms with E-state index in [1.165, 1.54) is 11.1 Å². The zero-order valence-electron chi connectivity index (χ0n) is 13.4. The molecule has 3 rings (SSSR count). The summed E-state index contributed by atoms with van der Waals surface area (Å²) in [5, 5.41) is 0. The van der Waals surface area contributed by atoms with Gasteiger partial charge >= 0.3 is 0 Å². The Labute approximate surface area is 137 Å². The Bertz CT molecular complexity index is 596. The molecule has 1 heterocycles. The summed E-state index contributed by atoms with van der Waals surface area (Å²) in [6, 6.07) is 16.3. The molecule has 0 spiro atoms. The number of carbonyl (C=O) groups excluding carboxylic acids is 1. The highest BCUT2D eigenvalue weighted by molar-refractivity contribution is 5.41. The largest absolute Gasteiger partial charge is 0.493 e. The fourth-order valence-corrected chi connectivity index (χ4v) is 2.22. The van der Waals surface area contributed by atoms with E-state index in [-0.39, 0.29) is 0 Å². The first-order valence-electron chi connectivity index (χ1n) is 7.81. The molecule has 23 heavy (non-hydrogen) atoms. The van der Waals surface area contributed by atoms with Crippen LogP contribution in [0, 0.1) is 0 Å². The van der Waals surface area contributed by atoms with Crippen molar-refractivity contribution in [2.45, 2.75) is 26.4 Å². The highest BCUT2D eigenvalue weighted by Gasteiger charge is 2.10. The van der Waals surface area contributed by atoms with Crippen LogP contribution in [0.1, 0.15) is 24.5 Å². The van der Waals surface area contributed by atoms with Gasteiger partial charge in [0, 0.05) is 6.07 Å². The van der Waals surface area contributed by atoms with Gasteiger partial charge in [0.05, 0.1) is 13.2 Å². The summed E-state index contributed by atoms with van der Waals surface area (Å²) in [6.07, 6.45) is 2.21. The highest BCUT2D eigenvalue weighted by Crippen LogP contribution is 2.29. The standard InChI is InChI=1S/C16H16O2.C3H6O2/c1-2-5-13(6-3-1)12-18-15-9-8-14-7-4-10-17-16(14)11-15;1-2-5-3-4/h1-3,5-6,8-9,11H,4,7,10,12H2;3H,2H2,1H3. The molecule has 122 valence electrons. The maximum absolute atomic E-state index is 9.18. The average Bonchev–Trinajstić information content (AvgIpc) is 2.62. The van der Waals surface area contributed by atoms with Crippen molar-refractivity contribution >= 4 is 6.47 Å². The van der Waals surface area contributed by atoms with Crippen LogP contribution in [0.4, 0.5) is 0 Å². The Morgan fingerprint density at radius 2 is 2.00 bits per heavy atom. The van der Waals surface area contributed by atoms with Crippen LogP contribution in [0.15, 0.2) is 48.5 Å². The summed E-state index contributed by atoms with van der Waals surface area (Å²) in [7, 11) is 0. The molecule has 0 saturated heterocycles. The van der Waals surface area contributed by atoms with Gasteiger partial charge in [-0.15, -0.1) is 0 Å². The number of benzene rings is 2. The van der Waals surface area contributed by atoms with Crippen molar-refractivity contribution in [3.05, 3.63) is 59.7 Å². The number of hydrogen-bond donors (Lipinski definition) is 0. The lowest BCUT2D eigenvalue weighted by Gasteiger charge is -2.18. The quantitative estimate of drug-likeness (QED) is 0.788. The van der Waals surface area contributed by atoms with Crippen molar-refractivity contribution < 1.29 is 19.0 Å². The minimum absolute atomic E-state index is 0.431. The van der Waals surface area contributed by atoms with Crippen molar-refractivity contribution in [3.8, 4) is 11.5 Å². The second kappa shape index (κ2) is 9.51. The third kappa shape index (κ3) is 5.66. The fourth-order valence-electron chi connectivity index (χ4n) is 2.22. The van der Waals surface area contributed by atoms with Gasteiger partial charge in [-0.25, -0.2) is 0 Å². The van der Waals surface area contributed by atoms with Gasteiger partial charge in [-0.2, -0.15) is 0 Å². The number of rotatable bonds is 5. The van der Waals surface area contributed by atoms with Crippen LogP contribution >= 0.6 is 0 Å². The molecule has 2 aromatic rings. The van der Waals surface area contributed by atoms with Crippen molar-refractivity contribution in [2.24, 2.45) is 0 Å². The van der Waals surface area contributed by atoms with Gasteiger partial charge in [0.25, 0.3) is 6.47 Å². The second-order valence-corrected chi connectivity index (χ2v) is 5.05. The maximum Gasteiger partial charge on any atom is 0.293 e. The van der Waals surface area contributed by atoms with Crippen molar-refractivity contribution in [2.75, 3.05) is 13.2 Å². The van der Waals surface area contributed by atoms with Crippen LogP contribution in [0.5, 0.6) is 11.5 Å². The smallest absolute Gasteiger partial charge is 0.293 e. The van der Waals surface area contributed by atoms with E-state index in [2.05, 4.69) is 22.9 Å². The Morgan fingerprint density at radius 1 is 1.17 bits per heavy atom. The van der Waals surface area contributed by atoms with Gasteiger partial charge in [-0.1, -0.05) is 36.4 Å². The molecule has 0 amide bonds. The molecular formula is C19H22O4. The van der Waals surface area contributed by atoms with E-state index in [1.807, 2.05) is 30.3 Å². The number of fused-ring (bicyclic) bond motifs is 1. The van der Waals surface area contributed by atoms with Gasteiger partial charge in [0.15, 0.2) is 0 Å². The van der Waals surface area contributed by atoms with Gasteiger partial charge in [-0.05, 0) is 37.0 Å². The summed E-state index contributed by atoms with van der Waals surface area (Å²) < 4.78 is 15.6. The van der Waals surface area contributed by atoms with Gasteiger partial charge in [-0.3, -0.25) is 4.79 Å². The van der Waals surface area contributed by atoms with Crippen LogP contribution in [0.25, 0.3) is 0 Å². The van der Waals surface area contributed by atoms with E-state index in [0.29, 0.717) is 19.7 Å². The summed E-state index contributed by atoms with van der Waals surface area (Å²) in [6.45, 7) is 4.08. The van der Waals surface area contributed by atoms with Gasteiger partial charge < -0.3 is 14.2 Å². The van der Waals surface area contributed by atoms with E-state index in [0.717, 1.165) is 30.9 Å². The zero-order valence-corrected chi connectivity index (χ0v) is 13.4. The number of ether oxygens (including phenoxy) is 3. The molecule has 0 unspecified atom stereocenters. The number of aryl methyl sites for hydroxylation is 1. The molecule has 4 heteroatoms. The van der Waals surface area contributed by atoms with E-state index in [9.17, 15) is 4.79 Å². The monoisotopic (exact) mass is 314 g/mol. The Hall–Kier alpha value is -2.49. The van der Waals surface area contributed by atoms with Crippen LogP contribution < -0.4 is 9.47 Å². The van der Waals surface area contributed by atoms with E-state index < -0.39 is 0 Å². The summed E-state index contributed by atoms with van der Waals surface area (Å²) in [4.78, 5) is 9.18. The fraction of sp³-hybridized carbons (Fsp3) is 0.316. The predicted molar refractivity (Wildman–Crippen MR) is 88.7 cm³/mol. The van der Waals surface area contributed by atoms with Gasteiger partial charge in [0.1, 0.15) is 18.1 Å². The Morgan fingerprint density at radius 3 is 2.70 bits per heavy atom. The lowest BCUT2D eigenvalue weighted by atomic mass is 10.1. The normalized spacial score (nSPS) is 12.0. The summed E-state index contributed by atoms with van der Waals surface area (Å²) in [5.74, 6) is 1.85. The molecule has 1 aliphatic heterocycles. The second-order valence-electron chi connectivity index (χ2n) is 5.05. The predicted octanol–water partition coefficient (Wildman–Crippen LogP) is 3.77. The molecule has 2 aromatic carbocycles. The molecule has 0 aromatic heterocycles. The van der Waals surface area contributed by atoms with Gasteiger partial charge in [0.2, 0.25) is 0 Å². The van der Waals surface area contributed by atoms with Crippen LogP contribution in [-0.2, 0) is 22.6 Å². The number of carbonyl (C=O) groups is 1. The molecular weight excluding hydrogens is 292 g/mol. The van der Waals surface area contributed by atoms with E-state index in [4.69, 9.17) is 9.47 Å². The summed E-state index contributed by atoms with van der Waals surface area (Å²) >= 11 is 0. The molecule has 0 bridgehead atoms. The minimum atomic E-state index is 0.431. The van der Waals surface area contributed by atoms with Crippen LogP contribution in [0.3, 0.4) is 0 Å². The first-order chi connectivity index (χ1) is 11.3. The molecule has 0 saturated carbocycles. The first-order valence-corrected chi connectivity index (χ1v) is 7.81. The zero-order chi connectivity index (χ0) is 16.3. The molecule has 0 atom stereocenters. The number of hydrogen-bond acceptors (Lipinski definition) is 4. The van der Waals surface area contributed by atoms with Crippen LogP contribution in [-0.4, -0.2) is 19.7 Å². The SMILES string of the molecule is CCOC=O.c1ccc(COc2ccc3c(c2)OCCC3)cc1. The molecule has 0 fully saturated rings. The molecule has 0 radical (unpaired) electrons. The lowest BCUT2D eigenvalue weighted by Crippen LogP contribution is -2.08. The average molecular weight is 314 g/mol. The minimum Gasteiger partial charge on any atom is -0.493 e. The molecule has 0 aliphatic carbocycles. The van der Waals surface area contributed by atoms with Crippen LogP contribution in [0.2, 0.25) is 0 Å². The highest BCUT2D eigenvalue weighted by atomic mass is 16.5. The van der Waals surface area contributed by atoms with Crippen molar-refractivity contribution in [1.82, 2.24) is 0 Å². The van der Waals surface area contributed by atoms with Crippen molar-refractivity contribution in [3.63, 3.8) is 0 Å². The van der Waals surface area contributed by atoms with Crippen molar-refractivity contribution in [1.29, 1.82) is 0 Å². The molecule has 0 N–H and O–H groups in total. The topological polar surface area (TPSA) is 44.8 Å². The lowest BCUT2D eigenvalue weighted by molar-refractivity contribution is -0.128. The van der Waals surface area contributed by atoms with E-state index >= 15 is 0 Å². The molecule has 1 aliphatic rings. The third-order valence-electron chi connectivity index (χ3n) is 3.37. The summed E-state index contributed by atoms with van der Waals surface area (Å²) in [5.41, 5.74) is 2.46.